The number of amides is 1. The van der Waals surface area contributed by atoms with E-state index >= 15 is 0 Å². The van der Waals surface area contributed by atoms with Crippen LogP contribution in [0.25, 0.3) is 11.1 Å². The third-order valence-electron chi connectivity index (χ3n) is 5.55. The highest BCUT2D eigenvalue weighted by Gasteiger charge is 2.13. The summed E-state index contributed by atoms with van der Waals surface area (Å²) in [5.74, 6) is -0.339. The van der Waals surface area contributed by atoms with Crippen molar-refractivity contribution in [3.8, 4) is 11.1 Å². The third kappa shape index (κ3) is 5.67. The van der Waals surface area contributed by atoms with Gasteiger partial charge in [0.15, 0.2) is 5.78 Å². The number of ketones is 1. The summed E-state index contributed by atoms with van der Waals surface area (Å²) in [4.78, 5) is 30.4. The first-order chi connectivity index (χ1) is 15.4. The summed E-state index contributed by atoms with van der Waals surface area (Å²) in [7, 11) is 0. The topological polar surface area (TPSA) is 50.3 Å². The van der Waals surface area contributed by atoms with Crippen LogP contribution in [-0.4, -0.2) is 23.2 Å². The number of anilines is 1. The summed E-state index contributed by atoms with van der Waals surface area (Å²) in [6.07, 6.45) is 2.27. The van der Waals surface area contributed by atoms with Gasteiger partial charge in [-0.1, -0.05) is 56.3 Å². The molecule has 0 atom stereocenters. The van der Waals surface area contributed by atoms with Crippen LogP contribution in [0.5, 0.6) is 0 Å². The van der Waals surface area contributed by atoms with E-state index < -0.39 is 5.95 Å². The van der Waals surface area contributed by atoms with Gasteiger partial charge >= 0.3 is 0 Å². The molecule has 166 valence electrons. The fourth-order valence-corrected chi connectivity index (χ4v) is 3.71. The molecule has 0 saturated heterocycles. The van der Waals surface area contributed by atoms with Gasteiger partial charge in [0.05, 0.1) is 0 Å². The van der Waals surface area contributed by atoms with E-state index in [-0.39, 0.29) is 11.7 Å². The SMILES string of the molecule is CCCN(C(=O)CC)c1ccc(-c2ccc(C(=O)CCc3ccc(F)nc3C)cc2)cc1. The predicted molar refractivity (Wildman–Crippen MR) is 126 cm³/mol. The van der Waals surface area contributed by atoms with Gasteiger partial charge in [0.1, 0.15) is 0 Å². The predicted octanol–water partition coefficient (Wildman–Crippen LogP) is 6.16. The Kier molecular flexibility index (Phi) is 7.87. The fourth-order valence-electron chi connectivity index (χ4n) is 3.71. The summed E-state index contributed by atoms with van der Waals surface area (Å²) in [6.45, 7) is 6.39. The second-order valence-corrected chi connectivity index (χ2v) is 7.82. The molecule has 1 heterocycles. The van der Waals surface area contributed by atoms with E-state index in [1.165, 1.54) is 6.07 Å². The normalized spacial score (nSPS) is 10.8. The third-order valence-corrected chi connectivity index (χ3v) is 5.55. The van der Waals surface area contributed by atoms with Gasteiger partial charge in [0.2, 0.25) is 11.9 Å². The molecule has 32 heavy (non-hydrogen) atoms. The number of hydrogen-bond acceptors (Lipinski definition) is 3. The molecule has 0 saturated carbocycles. The number of carbonyl (C=O) groups is 2. The molecule has 3 aromatic rings. The lowest BCUT2D eigenvalue weighted by Crippen LogP contribution is -2.30. The smallest absolute Gasteiger partial charge is 0.226 e. The maximum absolute atomic E-state index is 13.1. The Bertz CT molecular complexity index is 1080. The number of halogens is 1. The van der Waals surface area contributed by atoms with E-state index in [1.54, 1.807) is 13.0 Å². The largest absolute Gasteiger partial charge is 0.312 e. The van der Waals surface area contributed by atoms with Gasteiger partial charge in [-0.25, -0.2) is 4.98 Å². The summed E-state index contributed by atoms with van der Waals surface area (Å²) in [5, 5.41) is 0. The first-order valence-electron chi connectivity index (χ1n) is 11.1. The lowest BCUT2D eigenvalue weighted by molar-refractivity contribution is -0.118. The number of hydrogen-bond donors (Lipinski definition) is 0. The van der Waals surface area contributed by atoms with Crippen molar-refractivity contribution in [2.45, 2.75) is 46.5 Å². The van der Waals surface area contributed by atoms with Crippen LogP contribution in [0, 0.1) is 12.9 Å². The van der Waals surface area contributed by atoms with Crippen molar-refractivity contribution >= 4 is 17.4 Å². The van der Waals surface area contributed by atoms with Gasteiger partial charge in [-0.2, -0.15) is 4.39 Å². The molecule has 0 unspecified atom stereocenters. The highest BCUT2D eigenvalue weighted by atomic mass is 19.1. The Morgan fingerprint density at radius 2 is 1.53 bits per heavy atom. The Morgan fingerprint density at radius 3 is 2.09 bits per heavy atom. The molecule has 0 N–H and O–H groups in total. The van der Waals surface area contributed by atoms with Gasteiger partial charge in [-0.05, 0) is 54.7 Å². The minimum Gasteiger partial charge on any atom is -0.312 e. The standard InChI is InChI=1S/C27H29FN2O2/c1-4-18-30(27(32)5-2)24-14-10-22(11-15-24)21-6-8-23(9-7-21)25(31)16-12-20-13-17-26(28)29-19(20)3/h6-11,13-15,17H,4-5,12,16,18H2,1-3H3. The highest BCUT2D eigenvalue weighted by Crippen LogP contribution is 2.25. The zero-order valence-corrected chi connectivity index (χ0v) is 18.9. The first-order valence-corrected chi connectivity index (χ1v) is 11.1. The molecule has 4 nitrogen and oxygen atoms in total. The number of aryl methyl sites for hydroxylation is 2. The van der Waals surface area contributed by atoms with Crippen LogP contribution in [-0.2, 0) is 11.2 Å². The first kappa shape index (κ1) is 23.3. The number of carbonyl (C=O) groups excluding carboxylic acids is 2. The number of benzene rings is 2. The quantitative estimate of drug-likeness (QED) is 0.300. The molecule has 0 fully saturated rings. The van der Waals surface area contributed by atoms with Crippen LogP contribution in [0.1, 0.15) is 54.7 Å². The number of pyridine rings is 1. The van der Waals surface area contributed by atoms with Crippen LogP contribution in [0.3, 0.4) is 0 Å². The van der Waals surface area contributed by atoms with Crippen LogP contribution in [0.15, 0.2) is 60.7 Å². The second kappa shape index (κ2) is 10.8. The van der Waals surface area contributed by atoms with Crippen LogP contribution in [0.4, 0.5) is 10.1 Å². The molecular formula is C27H29FN2O2. The number of Topliss-reactive ketones (excluding diaryl/α,β-unsaturated/α-hetero) is 1. The lowest BCUT2D eigenvalue weighted by atomic mass is 9.99. The summed E-state index contributed by atoms with van der Waals surface area (Å²) in [6, 6.07) is 18.5. The number of aromatic nitrogens is 1. The van der Waals surface area contributed by atoms with E-state index in [0.717, 1.165) is 28.8 Å². The van der Waals surface area contributed by atoms with E-state index in [2.05, 4.69) is 11.9 Å². The van der Waals surface area contributed by atoms with E-state index in [1.807, 2.05) is 60.4 Å². The van der Waals surface area contributed by atoms with Gasteiger partial charge in [0, 0.05) is 36.3 Å². The van der Waals surface area contributed by atoms with Gasteiger partial charge in [-0.15, -0.1) is 0 Å². The van der Waals surface area contributed by atoms with E-state index in [9.17, 15) is 14.0 Å². The maximum atomic E-state index is 13.1. The summed E-state index contributed by atoms with van der Waals surface area (Å²) < 4.78 is 13.1. The number of nitrogens with zero attached hydrogens (tertiary/aromatic N) is 2. The molecule has 0 aliphatic carbocycles. The average molecular weight is 433 g/mol. The van der Waals surface area contributed by atoms with Gasteiger partial charge in [0.25, 0.3) is 0 Å². The van der Waals surface area contributed by atoms with Crippen LogP contribution in [0.2, 0.25) is 0 Å². The minimum atomic E-state index is -0.503. The average Bonchev–Trinajstić information content (AvgIpc) is 2.81. The lowest BCUT2D eigenvalue weighted by Gasteiger charge is -2.22. The zero-order chi connectivity index (χ0) is 23.1. The van der Waals surface area contributed by atoms with Crippen LogP contribution >= 0.6 is 0 Å². The van der Waals surface area contributed by atoms with Crippen molar-refractivity contribution in [1.82, 2.24) is 4.98 Å². The van der Waals surface area contributed by atoms with Crippen molar-refractivity contribution < 1.29 is 14.0 Å². The molecule has 5 heteroatoms. The minimum absolute atomic E-state index is 0.0453. The monoisotopic (exact) mass is 432 g/mol. The Balaban J connectivity index is 1.67. The van der Waals surface area contributed by atoms with Crippen molar-refractivity contribution in [2.24, 2.45) is 0 Å². The van der Waals surface area contributed by atoms with E-state index in [4.69, 9.17) is 0 Å². The van der Waals surface area contributed by atoms with E-state index in [0.29, 0.717) is 37.1 Å². The molecule has 0 aliphatic rings. The molecule has 3 rings (SSSR count). The molecule has 0 bridgehead atoms. The summed E-state index contributed by atoms with van der Waals surface area (Å²) in [5.41, 5.74) is 5.10. The summed E-state index contributed by atoms with van der Waals surface area (Å²) >= 11 is 0. The molecule has 2 aromatic carbocycles. The van der Waals surface area contributed by atoms with Crippen molar-refractivity contribution in [3.63, 3.8) is 0 Å². The van der Waals surface area contributed by atoms with Gasteiger partial charge in [-0.3, -0.25) is 9.59 Å². The molecule has 0 spiro atoms. The maximum Gasteiger partial charge on any atom is 0.226 e. The molecular weight excluding hydrogens is 403 g/mol. The fraction of sp³-hybridized carbons (Fsp3) is 0.296. The van der Waals surface area contributed by atoms with Crippen molar-refractivity contribution in [2.75, 3.05) is 11.4 Å². The molecule has 0 radical (unpaired) electrons. The Morgan fingerprint density at radius 1 is 0.906 bits per heavy atom. The van der Waals surface area contributed by atoms with Crippen molar-refractivity contribution in [3.05, 3.63) is 83.4 Å². The highest BCUT2D eigenvalue weighted by molar-refractivity contribution is 5.96. The Labute approximate surface area is 189 Å². The Hall–Kier alpha value is -3.34. The van der Waals surface area contributed by atoms with Crippen LogP contribution < -0.4 is 4.90 Å². The van der Waals surface area contributed by atoms with Crippen molar-refractivity contribution in [1.29, 1.82) is 0 Å². The van der Waals surface area contributed by atoms with Gasteiger partial charge < -0.3 is 4.90 Å². The zero-order valence-electron chi connectivity index (χ0n) is 18.9. The molecule has 0 aliphatic heterocycles. The second-order valence-electron chi connectivity index (χ2n) is 7.82. The number of rotatable bonds is 9. The molecule has 1 amide bonds. The molecule has 1 aromatic heterocycles.